The topological polar surface area (TPSA) is 105 Å². The number of rotatable bonds is 11. The third kappa shape index (κ3) is 7.04. The Labute approximate surface area is 347 Å². The van der Waals surface area contributed by atoms with Gasteiger partial charge in [0, 0.05) is 58.9 Å². The summed E-state index contributed by atoms with van der Waals surface area (Å²) in [6.45, 7) is -38.5. The lowest BCUT2D eigenvalue weighted by Crippen LogP contribution is -2.46. The second-order valence-electron chi connectivity index (χ2n) is 8.77. The predicted octanol–water partition coefficient (Wildman–Crippen LogP) is 5.58. The minimum atomic E-state index is -4.47. The first-order chi connectivity index (χ1) is 38.8. The minimum absolute atomic E-state index is 0.159. The molecule has 0 spiro atoms. The van der Waals surface area contributed by atoms with Crippen molar-refractivity contribution in [2.24, 2.45) is 0 Å². The molecular weight excluding hydrogens is 667 g/mol. The smallest absolute Gasteiger partial charge is 0.350 e. The largest absolute Gasteiger partial charge is 0.491 e. The van der Waals surface area contributed by atoms with Crippen LogP contribution in [0.25, 0.3) is 5.69 Å². The molecule has 2 aliphatic heterocycles. The highest BCUT2D eigenvalue weighted by molar-refractivity contribution is 6.35. The van der Waals surface area contributed by atoms with Crippen LogP contribution < -0.4 is 20.2 Å². The summed E-state index contributed by atoms with van der Waals surface area (Å²) in [7, 11) is 0. The van der Waals surface area contributed by atoms with Crippen LogP contribution in [0.4, 0.5) is 11.4 Å². The molecular formula is C35H38Cl2N8O4. The van der Waals surface area contributed by atoms with Gasteiger partial charge in [0.25, 0.3) is 0 Å². The molecule has 14 heteroatoms. The lowest BCUT2D eigenvalue weighted by Gasteiger charge is -2.37. The molecule has 3 aromatic carbocycles. The summed E-state index contributed by atoms with van der Waals surface area (Å²) in [6, 6.07) is -21.8. The summed E-state index contributed by atoms with van der Waals surface area (Å²) >= 11 is 12.4. The molecule has 2 saturated heterocycles. The SMILES string of the molecule is [2H]c1nc([2H])n(C([2H])([2H])[C@@]2(c3c([2H])c([2H])c(Cl)c([2H])c3Cl)OC([2H])([2H])[C@@]([2H])(C([2H])([2H])Oc3c([2H])c([2H])c(N4C([2H])([2H])C([2H])([2H])N(c5c([2H])c([2H])c(-n6c([2H])nn(C([2H])(C([2H])([2H])[2H])C([2H])([2H])C([2H])([2H])[2H])c6=O)c([2H])c5[2H])C([2H])([2H])C4([2H])[2H])c([2H])c3[2H])O2)n1. The Bertz CT molecular complexity index is 3660. The normalized spacial score (nSPS) is 40.0. The van der Waals surface area contributed by atoms with Crippen molar-refractivity contribution in [3.8, 4) is 11.4 Å². The van der Waals surface area contributed by atoms with Crippen molar-refractivity contribution in [3.05, 3.63) is 111 Å². The number of ether oxygens (including phenoxy) is 3. The van der Waals surface area contributed by atoms with Gasteiger partial charge in [-0.3, -0.25) is 0 Å². The van der Waals surface area contributed by atoms with Crippen LogP contribution in [-0.4, -0.2) is 74.3 Å². The molecule has 5 aromatic rings. The van der Waals surface area contributed by atoms with Gasteiger partial charge in [0.2, 0.25) is 5.79 Å². The highest BCUT2D eigenvalue weighted by Gasteiger charge is 2.45. The Morgan fingerprint density at radius 1 is 1.06 bits per heavy atom. The number of benzene rings is 3. The monoisotopic (exact) mass is 742 g/mol. The summed E-state index contributed by atoms with van der Waals surface area (Å²) in [6.07, 6.45) is -12.7. The van der Waals surface area contributed by atoms with E-state index in [-0.39, 0.29) is 9.25 Å². The van der Waals surface area contributed by atoms with E-state index in [0.717, 1.165) is 0 Å². The van der Waals surface area contributed by atoms with Crippen LogP contribution in [-0.2, 0) is 21.8 Å². The van der Waals surface area contributed by atoms with Gasteiger partial charge in [0.15, 0.2) is 0 Å². The van der Waals surface area contributed by atoms with E-state index in [4.69, 9.17) is 88.1 Å². The Morgan fingerprint density at radius 3 is 2.45 bits per heavy atom. The molecule has 256 valence electrons. The third-order valence-corrected chi connectivity index (χ3v) is 6.26. The summed E-state index contributed by atoms with van der Waals surface area (Å²) in [4.78, 5) is 16.0. The van der Waals surface area contributed by atoms with Gasteiger partial charge in [0.05, 0.1) is 60.3 Å². The molecule has 0 radical (unpaired) electrons. The molecule has 12 nitrogen and oxygen atoms in total. The molecule has 2 aliphatic rings. The standard InChI is InChI=1S/C35H38Cl2N8O4/c1-3-25(2)45-34(46)44(24-40-45)29-7-5-27(6-8-29)41-14-16-42(17-15-41)28-9-11-30(12-10-28)47-19-31-20-48-35(49-31,21-43-23-38-22-39-43)32-13-4-26(36)18-33(32)37/h4-13,18,22-25,31H,3,14-17,19-21H2,1-2H3/t25?,31-,35-/m1/s1/i1D3,2D3,3D2,4D,5D,6D,7D,8D,9D,10D,11D,12D,13D,14D2,15D2,16D2,17D2,18D,19D2,20D2,21D2,22D,23D,24D,25D,31D. The molecule has 3 atom stereocenters. The Balaban J connectivity index is 1.37. The summed E-state index contributed by atoms with van der Waals surface area (Å²) in [5, 5.41) is 4.52. The number of halogens is 2. The van der Waals surface area contributed by atoms with E-state index in [1.165, 1.54) is 0 Å². The molecule has 2 fully saturated rings. The van der Waals surface area contributed by atoms with Crippen molar-refractivity contribution in [2.45, 2.75) is 44.5 Å². The van der Waals surface area contributed by atoms with Crippen molar-refractivity contribution in [1.29, 1.82) is 0 Å². The van der Waals surface area contributed by atoms with Crippen molar-refractivity contribution in [2.75, 3.05) is 48.9 Å². The zero-order valence-electron chi connectivity index (χ0n) is 61.5. The zero-order chi connectivity index (χ0) is 67.3. The van der Waals surface area contributed by atoms with E-state index in [1.807, 2.05) is 0 Å². The van der Waals surface area contributed by atoms with E-state index in [9.17, 15) is 6.17 Å². The van der Waals surface area contributed by atoms with Crippen LogP contribution in [0.2, 0.25) is 10.0 Å². The number of anilines is 2. The summed E-state index contributed by atoms with van der Waals surface area (Å²) in [5.74, 6) is -5.79. The third-order valence-electron chi connectivity index (χ3n) is 5.79. The fourth-order valence-corrected chi connectivity index (χ4v) is 4.11. The molecule has 1 unspecified atom stereocenters. The maximum atomic E-state index is 13.9. The van der Waals surface area contributed by atoms with Crippen molar-refractivity contribution in [3.63, 3.8) is 0 Å². The van der Waals surface area contributed by atoms with Gasteiger partial charge >= 0.3 is 5.69 Å². The summed E-state index contributed by atoms with van der Waals surface area (Å²) < 4.78 is 342. The number of piperazine rings is 1. The lowest BCUT2D eigenvalue weighted by molar-refractivity contribution is -0.190. The molecule has 0 saturated carbocycles. The number of aromatic nitrogens is 6. The minimum Gasteiger partial charge on any atom is -0.491 e. The molecule has 7 rings (SSSR count). The average molecular weight is 744 g/mol. The van der Waals surface area contributed by atoms with Crippen molar-refractivity contribution in [1.82, 2.24) is 29.1 Å². The first kappa shape index (κ1) is 10.8. The quantitative estimate of drug-likeness (QED) is 0.172. The second-order valence-corrected chi connectivity index (χ2v) is 9.52. The number of hydrogen-bond acceptors (Lipinski definition) is 9. The zero-order valence-corrected chi connectivity index (χ0v) is 25.0. The molecule has 4 heterocycles. The highest BCUT2D eigenvalue weighted by atomic mass is 35.5. The van der Waals surface area contributed by atoms with Gasteiger partial charge in [-0.25, -0.2) is 23.7 Å². The van der Waals surface area contributed by atoms with Crippen LogP contribution in [0, 0.1) is 0 Å². The lowest BCUT2D eigenvalue weighted by atomic mass is 10.1. The molecule has 0 N–H and O–H groups in total. The van der Waals surface area contributed by atoms with Crippen LogP contribution in [0.1, 0.15) is 83.7 Å². The van der Waals surface area contributed by atoms with E-state index < -0.39 is 228 Å². The van der Waals surface area contributed by atoms with Gasteiger partial charge in [-0.05, 0) is 73.6 Å². The Morgan fingerprint density at radius 2 is 1.78 bits per heavy atom. The maximum Gasteiger partial charge on any atom is 0.350 e. The van der Waals surface area contributed by atoms with Crippen LogP contribution in [0.5, 0.6) is 5.75 Å². The molecule has 0 aliphatic carbocycles. The number of hydrogen-bond donors (Lipinski definition) is 0. The number of nitrogens with zero attached hydrogens (tertiary/aromatic N) is 8. The summed E-state index contributed by atoms with van der Waals surface area (Å²) in [5.41, 5.74) is -8.52. The van der Waals surface area contributed by atoms with E-state index >= 15 is 0 Å². The van der Waals surface area contributed by atoms with E-state index in [1.54, 1.807) is 0 Å². The highest BCUT2D eigenvalue weighted by Crippen LogP contribution is 2.40. The molecule has 0 bridgehead atoms. The fourth-order valence-electron chi connectivity index (χ4n) is 3.66. The first-order valence-corrected chi connectivity index (χ1v) is 13.5. The Hall–Kier alpha value is -4.36. The van der Waals surface area contributed by atoms with Crippen LogP contribution in [0.15, 0.2) is 90.2 Å². The van der Waals surface area contributed by atoms with Gasteiger partial charge in [-0.2, -0.15) is 10.2 Å². The van der Waals surface area contributed by atoms with Gasteiger partial charge in [-0.1, -0.05) is 36.1 Å². The van der Waals surface area contributed by atoms with Crippen LogP contribution >= 0.6 is 23.2 Å². The molecule has 49 heavy (non-hydrogen) atoms. The fraction of sp³-hybridized carbons (Fsp3) is 0.371. The van der Waals surface area contributed by atoms with Gasteiger partial charge in [0.1, 0.15) is 47.9 Å². The Kier molecular flexibility index (Phi) is 3.14. The predicted molar refractivity (Wildman–Crippen MR) is 188 cm³/mol. The first-order valence-electron chi connectivity index (χ1n) is 31.8. The van der Waals surface area contributed by atoms with Gasteiger partial charge in [-0.15, -0.1) is 0 Å². The van der Waals surface area contributed by atoms with E-state index in [0.29, 0.717) is 0 Å². The average Bonchev–Trinajstić information content (AvgIpc) is 1.62. The van der Waals surface area contributed by atoms with Crippen molar-refractivity contribution < 1.29 is 66.3 Å². The van der Waals surface area contributed by atoms with Crippen molar-refractivity contribution >= 4 is 34.6 Å². The van der Waals surface area contributed by atoms with Crippen LogP contribution in [0.3, 0.4) is 0 Å². The second kappa shape index (κ2) is 14.2. The van der Waals surface area contributed by atoms with Gasteiger partial charge < -0.3 is 24.0 Å². The van der Waals surface area contributed by atoms with E-state index in [2.05, 4.69) is 15.2 Å². The molecule has 2 aromatic heterocycles. The molecule has 0 amide bonds. The maximum absolute atomic E-state index is 13.9.